The molecule has 1 fully saturated rings. The molecule has 2 heterocycles. The molecular formula is C10H16N4O. The number of nitrogens with zero attached hydrogens (tertiary/aromatic N) is 3. The fourth-order valence-electron chi connectivity index (χ4n) is 1.77. The Hall–Kier alpha value is -1.20. The lowest BCUT2D eigenvalue weighted by molar-refractivity contribution is 0.121. The van der Waals surface area contributed by atoms with E-state index in [2.05, 4.69) is 14.9 Å². The molecule has 5 nitrogen and oxygen atoms in total. The monoisotopic (exact) mass is 208 g/mol. The molecule has 15 heavy (non-hydrogen) atoms. The molecule has 1 aliphatic heterocycles. The first-order valence-electron chi connectivity index (χ1n) is 5.12. The third kappa shape index (κ3) is 2.24. The van der Waals surface area contributed by atoms with Crippen molar-refractivity contribution >= 4 is 5.82 Å². The molecule has 1 unspecified atom stereocenters. The maximum absolute atomic E-state index is 5.53. The van der Waals surface area contributed by atoms with Crippen molar-refractivity contribution in [1.82, 2.24) is 9.97 Å². The average Bonchev–Trinajstić information content (AvgIpc) is 2.78. The highest BCUT2D eigenvalue weighted by Gasteiger charge is 2.23. The van der Waals surface area contributed by atoms with Crippen LogP contribution in [0, 0.1) is 0 Å². The van der Waals surface area contributed by atoms with Crippen LogP contribution >= 0.6 is 0 Å². The van der Waals surface area contributed by atoms with Crippen LogP contribution in [0.4, 0.5) is 5.82 Å². The third-order valence-electron chi connectivity index (χ3n) is 2.68. The highest BCUT2D eigenvalue weighted by molar-refractivity contribution is 5.38. The molecule has 1 aliphatic rings. The van der Waals surface area contributed by atoms with Crippen molar-refractivity contribution in [2.24, 2.45) is 5.73 Å². The minimum absolute atomic E-state index is 0.313. The number of nitrogens with two attached hydrogens (primary N) is 1. The summed E-state index contributed by atoms with van der Waals surface area (Å²) in [4.78, 5) is 10.7. The van der Waals surface area contributed by atoms with Crippen LogP contribution in [-0.4, -0.2) is 36.3 Å². The van der Waals surface area contributed by atoms with Gasteiger partial charge < -0.3 is 15.4 Å². The van der Waals surface area contributed by atoms with Gasteiger partial charge in [0.25, 0.3) is 0 Å². The summed E-state index contributed by atoms with van der Waals surface area (Å²) < 4.78 is 5.30. The van der Waals surface area contributed by atoms with E-state index < -0.39 is 0 Å². The molecule has 2 N–H and O–H groups in total. The molecule has 0 spiro atoms. The Morgan fingerprint density at radius 1 is 1.60 bits per heavy atom. The van der Waals surface area contributed by atoms with Crippen molar-refractivity contribution in [2.75, 3.05) is 25.1 Å². The molecule has 2 rings (SSSR count). The van der Waals surface area contributed by atoms with Crippen LogP contribution in [0.5, 0.6) is 0 Å². The predicted molar refractivity (Wildman–Crippen MR) is 57.6 cm³/mol. The summed E-state index contributed by atoms with van der Waals surface area (Å²) in [6, 6.07) is 0. The zero-order valence-corrected chi connectivity index (χ0v) is 8.89. The van der Waals surface area contributed by atoms with E-state index >= 15 is 0 Å². The van der Waals surface area contributed by atoms with Crippen molar-refractivity contribution in [3.8, 4) is 0 Å². The van der Waals surface area contributed by atoms with Gasteiger partial charge >= 0.3 is 0 Å². The summed E-state index contributed by atoms with van der Waals surface area (Å²) in [6.07, 6.45) is 4.84. The van der Waals surface area contributed by atoms with E-state index in [0.29, 0.717) is 12.6 Å². The lowest BCUT2D eigenvalue weighted by Gasteiger charge is -2.16. The van der Waals surface area contributed by atoms with Gasteiger partial charge in [0.2, 0.25) is 0 Å². The summed E-state index contributed by atoms with van der Waals surface area (Å²) in [5.41, 5.74) is 6.35. The molecule has 1 atom stereocenters. The number of hydrogen-bond donors (Lipinski definition) is 1. The Balaban J connectivity index is 2.09. The Morgan fingerprint density at radius 3 is 3.13 bits per heavy atom. The topological polar surface area (TPSA) is 64.3 Å². The molecule has 82 valence electrons. The van der Waals surface area contributed by atoms with Gasteiger partial charge in [-0.05, 0) is 6.42 Å². The number of ether oxygens (including phenoxy) is 1. The maximum Gasteiger partial charge on any atom is 0.147 e. The average molecular weight is 208 g/mol. The first-order valence-corrected chi connectivity index (χ1v) is 5.12. The number of rotatable bonds is 3. The summed E-state index contributed by atoms with van der Waals surface area (Å²) >= 11 is 0. The van der Waals surface area contributed by atoms with Crippen LogP contribution in [0.3, 0.4) is 0 Å². The normalized spacial score (nSPS) is 20.9. The van der Waals surface area contributed by atoms with E-state index in [1.165, 1.54) is 0 Å². The van der Waals surface area contributed by atoms with E-state index in [1.807, 2.05) is 0 Å². The van der Waals surface area contributed by atoms with Crippen molar-refractivity contribution in [3.63, 3.8) is 0 Å². The maximum atomic E-state index is 5.53. The first-order chi connectivity index (χ1) is 7.33. The van der Waals surface area contributed by atoms with Gasteiger partial charge in [-0.2, -0.15) is 0 Å². The van der Waals surface area contributed by atoms with Gasteiger partial charge in [-0.25, -0.2) is 4.98 Å². The smallest absolute Gasteiger partial charge is 0.147 e. The minimum Gasteiger partial charge on any atom is -0.380 e. The Bertz CT molecular complexity index is 331. The van der Waals surface area contributed by atoms with Crippen molar-refractivity contribution in [1.29, 1.82) is 0 Å². The van der Waals surface area contributed by atoms with Crippen molar-refractivity contribution in [3.05, 3.63) is 18.1 Å². The standard InChI is InChI=1S/C10H16N4O/c1-15-9-2-3-14(7-9)10-6-12-5-8(4-11)13-10/h5-6,9H,2-4,7,11H2,1H3. The number of anilines is 1. The second-order valence-corrected chi connectivity index (χ2v) is 3.67. The first kappa shape index (κ1) is 10.3. The van der Waals surface area contributed by atoms with Gasteiger partial charge in [0.1, 0.15) is 5.82 Å². The quantitative estimate of drug-likeness (QED) is 0.766. The molecule has 0 aromatic carbocycles. The van der Waals surface area contributed by atoms with Crippen LogP contribution in [0.1, 0.15) is 12.1 Å². The van der Waals surface area contributed by atoms with Crippen LogP contribution in [0.2, 0.25) is 0 Å². The van der Waals surface area contributed by atoms with Gasteiger partial charge in [0, 0.05) is 32.9 Å². The Kier molecular flexibility index (Phi) is 3.13. The van der Waals surface area contributed by atoms with Crippen molar-refractivity contribution in [2.45, 2.75) is 19.1 Å². The lowest BCUT2D eigenvalue weighted by Crippen LogP contribution is -2.23. The number of hydrogen-bond acceptors (Lipinski definition) is 5. The van der Waals surface area contributed by atoms with Crippen molar-refractivity contribution < 1.29 is 4.74 Å². The van der Waals surface area contributed by atoms with Crippen LogP contribution < -0.4 is 10.6 Å². The highest BCUT2D eigenvalue weighted by atomic mass is 16.5. The molecule has 1 aromatic rings. The fourth-order valence-corrected chi connectivity index (χ4v) is 1.77. The molecule has 0 aliphatic carbocycles. The largest absolute Gasteiger partial charge is 0.380 e. The predicted octanol–water partition coefficient (Wildman–Crippen LogP) is 0.160. The van der Waals surface area contributed by atoms with E-state index in [1.54, 1.807) is 19.5 Å². The second kappa shape index (κ2) is 4.55. The molecule has 0 saturated carbocycles. The summed E-state index contributed by atoms with van der Waals surface area (Å²) in [5, 5.41) is 0. The van der Waals surface area contributed by atoms with Gasteiger partial charge in [0.15, 0.2) is 0 Å². The van der Waals surface area contributed by atoms with E-state index in [9.17, 15) is 0 Å². The Morgan fingerprint density at radius 2 is 2.47 bits per heavy atom. The highest BCUT2D eigenvalue weighted by Crippen LogP contribution is 2.18. The summed E-state index contributed by atoms with van der Waals surface area (Å²) in [5.74, 6) is 0.900. The SMILES string of the molecule is COC1CCN(c2cncc(CN)n2)C1. The Labute approximate surface area is 89.3 Å². The molecule has 0 radical (unpaired) electrons. The van der Waals surface area contributed by atoms with Gasteiger partial charge in [-0.3, -0.25) is 4.98 Å². The van der Waals surface area contributed by atoms with E-state index in [0.717, 1.165) is 31.0 Å². The van der Waals surface area contributed by atoms with E-state index in [-0.39, 0.29) is 0 Å². The van der Waals surface area contributed by atoms with Crippen LogP contribution in [0.15, 0.2) is 12.4 Å². The number of aromatic nitrogens is 2. The van der Waals surface area contributed by atoms with Crippen LogP contribution in [-0.2, 0) is 11.3 Å². The molecule has 1 saturated heterocycles. The zero-order valence-electron chi connectivity index (χ0n) is 8.89. The molecular weight excluding hydrogens is 192 g/mol. The van der Waals surface area contributed by atoms with Gasteiger partial charge in [-0.15, -0.1) is 0 Å². The minimum atomic E-state index is 0.313. The summed E-state index contributed by atoms with van der Waals surface area (Å²) in [6.45, 7) is 2.29. The van der Waals surface area contributed by atoms with Gasteiger partial charge in [0.05, 0.1) is 18.0 Å². The van der Waals surface area contributed by atoms with E-state index in [4.69, 9.17) is 10.5 Å². The molecule has 0 bridgehead atoms. The summed E-state index contributed by atoms with van der Waals surface area (Å²) in [7, 11) is 1.75. The van der Waals surface area contributed by atoms with Gasteiger partial charge in [-0.1, -0.05) is 0 Å². The third-order valence-corrected chi connectivity index (χ3v) is 2.68. The number of methoxy groups -OCH3 is 1. The lowest BCUT2D eigenvalue weighted by atomic mass is 10.3. The molecule has 0 amide bonds. The zero-order chi connectivity index (χ0) is 10.7. The second-order valence-electron chi connectivity index (χ2n) is 3.67. The molecule has 1 aromatic heterocycles. The fraction of sp³-hybridized carbons (Fsp3) is 0.600. The molecule has 5 heteroatoms. The van der Waals surface area contributed by atoms with Crippen LogP contribution in [0.25, 0.3) is 0 Å².